The zero-order chi connectivity index (χ0) is 14.8. The first-order chi connectivity index (χ1) is 9.61. The van der Waals surface area contributed by atoms with Crippen LogP contribution in [0.4, 0.5) is 0 Å². The van der Waals surface area contributed by atoms with E-state index in [4.69, 9.17) is 4.74 Å². The van der Waals surface area contributed by atoms with E-state index in [1.165, 1.54) is 6.20 Å². The van der Waals surface area contributed by atoms with Crippen LogP contribution in [0.5, 0.6) is 0 Å². The predicted molar refractivity (Wildman–Crippen MR) is 76.9 cm³/mol. The van der Waals surface area contributed by atoms with E-state index in [1.54, 1.807) is 0 Å². The van der Waals surface area contributed by atoms with Gasteiger partial charge in [-0.05, 0) is 26.3 Å². The summed E-state index contributed by atoms with van der Waals surface area (Å²) in [6.07, 6.45) is 3.18. The Morgan fingerprint density at radius 2 is 2.15 bits per heavy atom. The van der Waals surface area contributed by atoms with E-state index in [9.17, 15) is 8.42 Å². The van der Waals surface area contributed by atoms with Crippen LogP contribution in [0.15, 0.2) is 11.2 Å². The molecule has 0 saturated carbocycles. The van der Waals surface area contributed by atoms with Crippen LogP contribution in [-0.2, 0) is 21.3 Å². The molecule has 7 nitrogen and oxygen atoms in total. The van der Waals surface area contributed by atoms with Gasteiger partial charge in [0.1, 0.15) is 0 Å². The molecule has 0 radical (unpaired) electrons. The van der Waals surface area contributed by atoms with Gasteiger partial charge in [-0.15, -0.1) is 0 Å². The largest absolute Gasteiger partial charge is 0.382 e. The summed E-state index contributed by atoms with van der Waals surface area (Å²) in [6.45, 7) is 6.83. The van der Waals surface area contributed by atoms with Crippen molar-refractivity contribution in [3.63, 3.8) is 0 Å². The number of H-pyrrole nitrogens is 1. The summed E-state index contributed by atoms with van der Waals surface area (Å²) >= 11 is 0. The van der Waals surface area contributed by atoms with Crippen LogP contribution < -0.4 is 10.0 Å². The monoisotopic (exact) mass is 304 g/mol. The number of rotatable bonds is 11. The van der Waals surface area contributed by atoms with Gasteiger partial charge in [-0.1, -0.05) is 6.92 Å². The van der Waals surface area contributed by atoms with Crippen LogP contribution in [-0.4, -0.2) is 44.9 Å². The molecule has 0 spiro atoms. The van der Waals surface area contributed by atoms with Crippen LogP contribution in [0, 0.1) is 0 Å². The molecule has 3 N–H and O–H groups in total. The molecule has 1 rings (SSSR count). The molecule has 0 unspecified atom stereocenters. The molecule has 0 fully saturated rings. The lowest BCUT2D eigenvalue weighted by Gasteiger charge is -2.07. The Balaban J connectivity index is 2.52. The minimum Gasteiger partial charge on any atom is -0.382 e. The van der Waals surface area contributed by atoms with Crippen molar-refractivity contribution >= 4 is 10.0 Å². The molecule has 1 aromatic heterocycles. The second-order valence-electron chi connectivity index (χ2n) is 4.35. The lowest BCUT2D eigenvalue weighted by atomic mass is 10.3. The average molecular weight is 304 g/mol. The van der Waals surface area contributed by atoms with Gasteiger partial charge < -0.3 is 10.1 Å². The highest BCUT2D eigenvalue weighted by Crippen LogP contribution is 2.11. The second-order valence-corrected chi connectivity index (χ2v) is 6.05. The third kappa shape index (κ3) is 5.58. The number of sulfonamides is 1. The zero-order valence-corrected chi connectivity index (χ0v) is 12.9. The highest BCUT2D eigenvalue weighted by atomic mass is 32.2. The molecule has 1 heterocycles. The maximum atomic E-state index is 12.1. The maximum Gasteiger partial charge on any atom is 0.257 e. The van der Waals surface area contributed by atoms with E-state index < -0.39 is 10.0 Å². The van der Waals surface area contributed by atoms with Gasteiger partial charge in [0.15, 0.2) is 5.03 Å². The third-order valence-electron chi connectivity index (χ3n) is 2.65. The first kappa shape index (κ1) is 17.1. The van der Waals surface area contributed by atoms with E-state index in [2.05, 4.69) is 27.2 Å². The summed E-state index contributed by atoms with van der Waals surface area (Å²) in [7, 11) is -3.54. The minimum absolute atomic E-state index is 0.137. The Bertz CT molecular complexity index is 473. The number of hydrogen-bond acceptors (Lipinski definition) is 5. The van der Waals surface area contributed by atoms with Crippen LogP contribution in [0.25, 0.3) is 0 Å². The molecule has 0 aliphatic rings. The van der Waals surface area contributed by atoms with Gasteiger partial charge in [0.2, 0.25) is 0 Å². The molecule has 0 saturated heterocycles. The van der Waals surface area contributed by atoms with Crippen molar-refractivity contribution in [2.75, 3.05) is 26.3 Å². The number of ether oxygens (including phenoxy) is 1. The summed E-state index contributed by atoms with van der Waals surface area (Å²) in [6, 6.07) is 0. The molecule has 0 amide bonds. The molecule has 0 bridgehead atoms. The Labute approximate surface area is 120 Å². The summed E-state index contributed by atoms with van der Waals surface area (Å²) in [5, 5.41) is 9.67. The van der Waals surface area contributed by atoms with E-state index in [1.807, 2.05) is 6.92 Å². The normalized spacial score (nSPS) is 11.9. The first-order valence-corrected chi connectivity index (χ1v) is 8.40. The molecular weight excluding hydrogens is 280 g/mol. The standard InChI is InChI=1S/C12H24N4O3S/c1-3-6-13-9-11-10-14-16-12(11)20(17,18)15-7-5-8-19-4-2/h10,13,15H,3-9H2,1-2H3,(H,14,16). The lowest BCUT2D eigenvalue weighted by Crippen LogP contribution is -2.27. The van der Waals surface area contributed by atoms with Crippen molar-refractivity contribution < 1.29 is 13.2 Å². The second kappa shape index (κ2) is 9.06. The Hall–Kier alpha value is -0.960. The summed E-state index contributed by atoms with van der Waals surface area (Å²) in [5.74, 6) is 0. The number of hydrogen-bond donors (Lipinski definition) is 3. The Morgan fingerprint density at radius 1 is 1.35 bits per heavy atom. The maximum absolute atomic E-state index is 12.1. The molecule has 116 valence electrons. The van der Waals surface area contributed by atoms with Gasteiger partial charge in [-0.3, -0.25) is 5.10 Å². The number of nitrogens with zero attached hydrogens (tertiary/aromatic N) is 1. The van der Waals surface area contributed by atoms with Crippen molar-refractivity contribution in [2.24, 2.45) is 0 Å². The van der Waals surface area contributed by atoms with Crippen molar-refractivity contribution in [2.45, 2.75) is 38.3 Å². The lowest BCUT2D eigenvalue weighted by molar-refractivity contribution is 0.146. The highest BCUT2D eigenvalue weighted by molar-refractivity contribution is 7.89. The first-order valence-electron chi connectivity index (χ1n) is 6.92. The van der Waals surface area contributed by atoms with E-state index in [0.717, 1.165) is 13.0 Å². The Morgan fingerprint density at radius 3 is 2.85 bits per heavy atom. The third-order valence-corrected chi connectivity index (χ3v) is 4.13. The quantitative estimate of drug-likeness (QED) is 0.521. The summed E-state index contributed by atoms with van der Waals surface area (Å²) < 4.78 is 32.0. The van der Waals surface area contributed by atoms with Crippen LogP contribution >= 0.6 is 0 Å². The van der Waals surface area contributed by atoms with Crippen molar-refractivity contribution in [1.29, 1.82) is 0 Å². The van der Waals surface area contributed by atoms with Crippen LogP contribution in [0.1, 0.15) is 32.3 Å². The number of nitrogens with one attached hydrogen (secondary N) is 3. The van der Waals surface area contributed by atoms with Crippen molar-refractivity contribution in [1.82, 2.24) is 20.2 Å². The molecular formula is C12H24N4O3S. The smallest absolute Gasteiger partial charge is 0.257 e. The van der Waals surface area contributed by atoms with Gasteiger partial charge in [0.05, 0.1) is 6.20 Å². The van der Waals surface area contributed by atoms with Gasteiger partial charge in [-0.2, -0.15) is 5.10 Å². The zero-order valence-electron chi connectivity index (χ0n) is 12.1. The van der Waals surface area contributed by atoms with Gasteiger partial charge in [0.25, 0.3) is 10.0 Å². The SMILES string of the molecule is CCCNCc1cn[nH]c1S(=O)(=O)NCCCOCC. The minimum atomic E-state index is -3.54. The number of aromatic amines is 1. The fourth-order valence-electron chi connectivity index (χ4n) is 1.65. The topological polar surface area (TPSA) is 96.1 Å². The fraction of sp³-hybridized carbons (Fsp3) is 0.750. The summed E-state index contributed by atoms with van der Waals surface area (Å²) in [5.41, 5.74) is 0.649. The van der Waals surface area contributed by atoms with Crippen LogP contribution in [0.2, 0.25) is 0 Å². The molecule has 0 atom stereocenters. The Kier molecular flexibility index (Phi) is 7.75. The van der Waals surface area contributed by atoms with Crippen LogP contribution in [0.3, 0.4) is 0 Å². The predicted octanol–water partition coefficient (Wildman–Crippen LogP) is 0.614. The van der Waals surface area contributed by atoms with E-state index in [0.29, 0.717) is 38.3 Å². The average Bonchev–Trinajstić information content (AvgIpc) is 2.88. The molecule has 0 aliphatic heterocycles. The molecule has 8 heteroatoms. The van der Waals surface area contributed by atoms with Crippen molar-refractivity contribution in [3.8, 4) is 0 Å². The highest BCUT2D eigenvalue weighted by Gasteiger charge is 2.19. The van der Waals surface area contributed by atoms with E-state index >= 15 is 0 Å². The van der Waals surface area contributed by atoms with E-state index in [-0.39, 0.29) is 5.03 Å². The van der Waals surface area contributed by atoms with Gasteiger partial charge in [-0.25, -0.2) is 13.1 Å². The molecule has 20 heavy (non-hydrogen) atoms. The molecule has 0 aliphatic carbocycles. The molecule has 0 aromatic carbocycles. The molecule has 1 aromatic rings. The fourth-order valence-corrected chi connectivity index (χ4v) is 2.86. The number of aromatic nitrogens is 2. The van der Waals surface area contributed by atoms with Gasteiger partial charge in [0, 0.05) is 31.9 Å². The summed E-state index contributed by atoms with van der Waals surface area (Å²) in [4.78, 5) is 0. The van der Waals surface area contributed by atoms with Crippen molar-refractivity contribution in [3.05, 3.63) is 11.8 Å². The van der Waals surface area contributed by atoms with Gasteiger partial charge >= 0.3 is 0 Å².